The number of halogens is 1. The molecule has 0 radical (unpaired) electrons. The van der Waals surface area contributed by atoms with Crippen LogP contribution in [0.5, 0.6) is 5.75 Å². The molecule has 82 valence electrons. The molecular weight excluding hydrogens is 205 g/mol. The van der Waals surface area contributed by atoms with Gasteiger partial charge in [-0.25, -0.2) is 4.39 Å². The van der Waals surface area contributed by atoms with Crippen molar-refractivity contribution in [1.29, 1.82) is 0 Å². The van der Waals surface area contributed by atoms with E-state index in [0.717, 1.165) is 11.4 Å². The summed E-state index contributed by atoms with van der Waals surface area (Å²) in [5.74, 6) is 0.509. The molecule has 2 rings (SSSR count). The lowest BCUT2D eigenvalue weighted by molar-refractivity contribution is 0.415. The van der Waals surface area contributed by atoms with E-state index in [4.69, 9.17) is 4.74 Å². The molecule has 0 bridgehead atoms. The van der Waals surface area contributed by atoms with Crippen LogP contribution in [0, 0.1) is 5.82 Å². The van der Waals surface area contributed by atoms with Gasteiger partial charge in [0.1, 0.15) is 11.6 Å². The summed E-state index contributed by atoms with van der Waals surface area (Å²) in [7, 11) is 1.61. The molecule has 0 fully saturated rings. The summed E-state index contributed by atoms with van der Waals surface area (Å²) < 4.78 is 18.1. The molecule has 0 aliphatic rings. The highest BCUT2D eigenvalue weighted by molar-refractivity contribution is 5.60. The molecule has 0 saturated carbocycles. The molecule has 0 aliphatic carbocycles. The minimum atomic E-state index is -0.257. The SMILES string of the molecule is COc1cccc(Nc2cccc(F)c2)c1. The first-order chi connectivity index (χ1) is 7.78. The standard InChI is InChI=1S/C13H12FNO/c1-16-13-7-3-6-12(9-13)15-11-5-2-4-10(14)8-11/h2-9,15H,1H3. The number of anilines is 2. The second-order valence-corrected chi connectivity index (χ2v) is 3.37. The molecule has 1 N–H and O–H groups in total. The number of nitrogens with one attached hydrogen (secondary N) is 1. The maximum Gasteiger partial charge on any atom is 0.125 e. The summed E-state index contributed by atoms with van der Waals surface area (Å²) in [6, 6.07) is 13.8. The molecule has 2 aromatic carbocycles. The van der Waals surface area contributed by atoms with Crippen LogP contribution in [0.25, 0.3) is 0 Å². The number of benzene rings is 2. The van der Waals surface area contributed by atoms with Gasteiger partial charge in [0.15, 0.2) is 0 Å². The molecule has 0 amide bonds. The van der Waals surface area contributed by atoms with Crippen molar-refractivity contribution in [3.8, 4) is 5.75 Å². The van der Waals surface area contributed by atoms with E-state index >= 15 is 0 Å². The average Bonchev–Trinajstić information content (AvgIpc) is 2.29. The van der Waals surface area contributed by atoms with Crippen molar-refractivity contribution in [3.63, 3.8) is 0 Å². The summed E-state index contributed by atoms with van der Waals surface area (Å²) in [5, 5.41) is 3.10. The highest BCUT2D eigenvalue weighted by Crippen LogP contribution is 2.21. The quantitative estimate of drug-likeness (QED) is 0.848. The summed E-state index contributed by atoms with van der Waals surface area (Å²) in [5.41, 5.74) is 1.58. The van der Waals surface area contributed by atoms with Crippen LogP contribution in [0.1, 0.15) is 0 Å². The Morgan fingerprint density at radius 2 is 1.69 bits per heavy atom. The van der Waals surface area contributed by atoms with Crippen molar-refractivity contribution in [3.05, 3.63) is 54.3 Å². The molecule has 0 heterocycles. The van der Waals surface area contributed by atoms with Crippen molar-refractivity contribution >= 4 is 11.4 Å². The summed E-state index contributed by atoms with van der Waals surface area (Å²) in [6.07, 6.45) is 0. The first-order valence-corrected chi connectivity index (χ1v) is 4.94. The van der Waals surface area contributed by atoms with Crippen LogP contribution in [0.4, 0.5) is 15.8 Å². The number of rotatable bonds is 3. The third-order valence-corrected chi connectivity index (χ3v) is 2.18. The van der Waals surface area contributed by atoms with Crippen LogP contribution in [-0.4, -0.2) is 7.11 Å². The lowest BCUT2D eigenvalue weighted by Gasteiger charge is -2.07. The largest absolute Gasteiger partial charge is 0.497 e. The van der Waals surface area contributed by atoms with E-state index < -0.39 is 0 Å². The van der Waals surface area contributed by atoms with Gasteiger partial charge >= 0.3 is 0 Å². The molecule has 0 aliphatic heterocycles. The fourth-order valence-corrected chi connectivity index (χ4v) is 1.43. The van der Waals surface area contributed by atoms with Crippen molar-refractivity contribution in [2.24, 2.45) is 0 Å². The highest BCUT2D eigenvalue weighted by Gasteiger charge is 1.97. The monoisotopic (exact) mass is 217 g/mol. The Morgan fingerprint density at radius 1 is 1.00 bits per heavy atom. The Labute approximate surface area is 93.7 Å². The third kappa shape index (κ3) is 2.51. The zero-order valence-electron chi connectivity index (χ0n) is 8.91. The van der Waals surface area contributed by atoms with E-state index in [9.17, 15) is 4.39 Å². The van der Waals surface area contributed by atoms with E-state index in [1.807, 2.05) is 30.3 Å². The van der Waals surface area contributed by atoms with E-state index in [2.05, 4.69) is 5.32 Å². The molecule has 2 nitrogen and oxygen atoms in total. The average molecular weight is 217 g/mol. The van der Waals surface area contributed by atoms with Crippen LogP contribution >= 0.6 is 0 Å². The fourth-order valence-electron chi connectivity index (χ4n) is 1.43. The van der Waals surface area contributed by atoms with E-state index in [1.54, 1.807) is 13.2 Å². The predicted octanol–water partition coefficient (Wildman–Crippen LogP) is 3.58. The maximum absolute atomic E-state index is 13.0. The summed E-state index contributed by atoms with van der Waals surface area (Å²) in [4.78, 5) is 0. The number of methoxy groups -OCH3 is 1. The predicted molar refractivity (Wildman–Crippen MR) is 62.7 cm³/mol. The Hall–Kier alpha value is -2.03. The van der Waals surface area contributed by atoms with Gasteiger partial charge in [0.25, 0.3) is 0 Å². The van der Waals surface area contributed by atoms with Gasteiger partial charge in [-0.3, -0.25) is 0 Å². The molecule has 0 spiro atoms. The van der Waals surface area contributed by atoms with Crippen molar-refractivity contribution in [2.45, 2.75) is 0 Å². The van der Waals surface area contributed by atoms with Crippen LogP contribution < -0.4 is 10.1 Å². The number of hydrogen-bond donors (Lipinski definition) is 1. The van der Waals surface area contributed by atoms with Gasteiger partial charge in [0, 0.05) is 17.4 Å². The zero-order chi connectivity index (χ0) is 11.4. The molecule has 0 unspecified atom stereocenters. The van der Waals surface area contributed by atoms with Crippen LogP contribution in [0.15, 0.2) is 48.5 Å². The topological polar surface area (TPSA) is 21.3 Å². The maximum atomic E-state index is 13.0. The zero-order valence-corrected chi connectivity index (χ0v) is 8.91. The molecule has 0 saturated heterocycles. The normalized spacial score (nSPS) is 9.88. The minimum Gasteiger partial charge on any atom is -0.497 e. The first kappa shape index (κ1) is 10.5. The Kier molecular flexibility index (Phi) is 3.05. The number of hydrogen-bond acceptors (Lipinski definition) is 2. The van der Waals surface area contributed by atoms with E-state index in [0.29, 0.717) is 5.69 Å². The Balaban J connectivity index is 2.20. The van der Waals surface area contributed by atoms with Crippen LogP contribution in [0.3, 0.4) is 0 Å². The second kappa shape index (κ2) is 4.66. The molecular formula is C13H12FNO. The van der Waals surface area contributed by atoms with Gasteiger partial charge in [-0.1, -0.05) is 12.1 Å². The second-order valence-electron chi connectivity index (χ2n) is 3.37. The smallest absolute Gasteiger partial charge is 0.125 e. The third-order valence-electron chi connectivity index (χ3n) is 2.18. The van der Waals surface area contributed by atoms with Gasteiger partial charge in [0.05, 0.1) is 7.11 Å². The summed E-state index contributed by atoms with van der Waals surface area (Å²) in [6.45, 7) is 0. The van der Waals surface area contributed by atoms with Gasteiger partial charge < -0.3 is 10.1 Å². The van der Waals surface area contributed by atoms with Crippen molar-refractivity contribution in [2.75, 3.05) is 12.4 Å². The summed E-state index contributed by atoms with van der Waals surface area (Å²) >= 11 is 0. The van der Waals surface area contributed by atoms with E-state index in [1.165, 1.54) is 12.1 Å². The molecule has 16 heavy (non-hydrogen) atoms. The van der Waals surface area contributed by atoms with Gasteiger partial charge in [-0.15, -0.1) is 0 Å². The van der Waals surface area contributed by atoms with Crippen LogP contribution in [0.2, 0.25) is 0 Å². The van der Waals surface area contributed by atoms with Crippen molar-refractivity contribution in [1.82, 2.24) is 0 Å². The lowest BCUT2D eigenvalue weighted by Crippen LogP contribution is -1.91. The number of ether oxygens (including phenoxy) is 1. The van der Waals surface area contributed by atoms with Gasteiger partial charge in [-0.05, 0) is 30.3 Å². The molecule has 2 aromatic rings. The Morgan fingerprint density at radius 3 is 2.38 bits per heavy atom. The van der Waals surface area contributed by atoms with E-state index in [-0.39, 0.29) is 5.82 Å². The highest BCUT2D eigenvalue weighted by atomic mass is 19.1. The lowest BCUT2D eigenvalue weighted by atomic mass is 10.2. The van der Waals surface area contributed by atoms with Crippen molar-refractivity contribution < 1.29 is 9.13 Å². The fraction of sp³-hybridized carbons (Fsp3) is 0.0769. The van der Waals surface area contributed by atoms with Crippen LogP contribution in [-0.2, 0) is 0 Å². The molecule has 0 aromatic heterocycles. The van der Waals surface area contributed by atoms with Gasteiger partial charge in [-0.2, -0.15) is 0 Å². The molecule has 0 atom stereocenters. The minimum absolute atomic E-state index is 0.257. The van der Waals surface area contributed by atoms with Gasteiger partial charge in [0.2, 0.25) is 0 Å². The Bertz CT molecular complexity index is 485. The first-order valence-electron chi connectivity index (χ1n) is 4.94. The molecule has 3 heteroatoms.